The van der Waals surface area contributed by atoms with Gasteiger partial charge in [0.1, 0.15) is 5.82 Å². The van der Waals surface area contributed by atoms with Crippen LogP contribution >= 0.6 is 22.6 Å². The van der Waals surface area contributed by atoms with E-state index in [-0.39, 0.29) is 11.3 Å². The number of benzene rings is 2. The van der Waals surface area contributed by atoms with E-state index in [1.807, 2.05) is 28.1 Å². The Balaban J connectivity index is 2.31. The number of carbonyl (C=O) groups excluding carboxylic acids is 1. The van der Waals surface area contributed by atoms with Gasteiger partial charge in [0.05, 0.1) is 23.0 Å². The van der Waals surface area contributed by atoms with E-state index in [2.05, 4.69) is 10.6 Å². The third-order valence-electron chi connectivity index (χ3n) is 3.53. The van der Waals surface area contributed by atoms with Crippen molar-refractivity contribution in [1.29, 1.82) is 0 Å². The lowest BCUT2D eigenvalue weighted by Gasteiger charge is -2.20. The Morgan fingerprint density at radius 1 is 1.19 bits per heavy atom. The summed E-state index contributed by atoms with van der Waals surface area (Å²) in [4.78, 5) is 17.3. The van der Waals surface area contributed by atoms with E-state index in [1.54, 1.807) is 6.07 Å². The number of anilines is 2. The molecule has 0 saturated heterocycles. The summed E-state index contributed by atoms with van der Waals surface area (Å²) >= 11 is 1.90. The van der Waals surface area contributed by atoms with Crippen LogP contribution < -0.4 is 16.1 Å². The number of halogens is 4. The lowest BCUT2D eigenvalue weighted by molar-refractivity contribution is -0.0823. The molecule has 2 aromatic carbocycles. The molecule has 0 aliphatic heterocycles. The topological polar surface area (TPSA) is 82.6 Å². The fourth-order valence-electron chi connectivity index (χ4n) is 2.16. The third kappa shape index (κ3) is 5.31. The maximum atomic E-state index is 14.3. The van der Waals surface area contributed by atoms with Crippen LogP contribution in [0.15, 0.2) is 30.3 Å². The predicted octanol–water partition coefficient (Wildman–Crippen LogP) is 3.04. The molecule has 4 N–H and O–H groups in total. The number of hydrogen-bond donors (Lipinski definition) is 4. The smallest absolute Gasteiger partial charge is 0.277 e. The number of likely N-dealkylation sites (N-methyl/N-ethyl adjacent to an activating group) is 1. The number of aliphatic hydroxyl groups is 1. The van der Waals surface area contributed by atoms with Gasteiger partial charge < -0.3 is 10.4 Å². The minimum absolute atomic E-state index is 0.132. The van der Waals surface area contributed by atoms with E-state index < -0.39 is 41.4 Å². The fourth-order valence-corrected chi connectivity index (χ4v) is 2.61. The lowest BCUT2D eigenvalue weighted by Crippen LogP contribution is -2.43. The van der Waals surface area contributed by atoms with Crippen molar-refractivity contribution in [3.8, 4) is 0 Å². The molecule has 0 radical (unpaired) electrons. The summed E-state index contributed by atoms with van der Waals surface area (Å²) in [5.74, 6) is -4.17. The van der Waals surface area contributed by atoms with Gasteiger partial charge in [-0.25, -0.2) is 18.7 Å². The SMILES string of the molecule is CNC(ONC(=O)c1ccc(F)c(F)c1Nc1ccc(I)cc1F)C(C)O. The van der Waals surface area contributed by atoms with Crippen molar-refractivity contribution in [2.45, 2.75) is 19.3 Å². The van der Waals surface area contributed by atoms with Crippen molar-refractivity contribution in [3.63, 3.8) is 0 Å². The number of carbonyl (C=O) groups is 1. The zero-order chi connectivity index (χ0) is 20.1. The molecule has 2 rings (SSSR count). The van der Waals surface area contributed by atoms with E-state index in [1.165, 1.54) is 26.1 Å². The summed E-state index contributed by atoms with van der Waals surface area (Å²) < 4.78 is 42.6. The molecule has 6 nitrogen and oxygen atoms in total. The van der Waals surface area contributed by atoms with Crippen LogP contribution in [0.4, 0.5) is 24.5 Å². The van der Waals surface area contributed by atoms with Gasteiger partial charge in [0.25, 0.3) is 5.91 Å². The van der Waals surface area contributed by atoms with Gasteiger partial charge in [-0.15, -0.1) is 0 Å². The largest absolute Gasteiger partial charge is 0.389 e. The summed E-state index contributed by atoms with van der Waals surface area (Å²) in [6.45, 7) is 1.43. The van der Waals surface area contributed by atoms with Crippen molar-refractivity contribution >= 4 is 39.9 Å². The normalized spacial score (nSPS) is 13.1. The van der Waals surface area contributed by atoms with Crippen LogP contribution in [-0.4, -0.2) is 30.4 Å². The van der Waals surface area contributed by atoms with Crippen molar-refractivity contribution in [2.24, 2.45) is 0 Å². The molecule has 0 saturated carbocycles. The average molecular weight is 495 g/mol. The molecule has 146 valence electrons. The molecular formula is C17H17F3IN3O3. The van der Waals surface area contributed by atoms with Crippen LogP contribution in [-0.2, 0) is 4.84 Å². The minimum atomic E-state index is -1.35. The molecule has 27 heavy (non-hydrogen) atoms. The Labute approximate surface area is 167 Å². The Bertz CT molecular complexity index is 837. The van der Waals surface area contributed by atoms with Crippen LogP contribution in [0.5, 0.6) is 0 Å². The maximum Gasteiger partial charge on any atom is 0.277 e. The van der Waals surface area contributed by atoms with E-state index in [0.717, 1.165) is 12.1 Å². The Hall–Kier alpha value is -1.89. The highest BCUT2D eigenvalue weighted by atomic mass is 127. The lowest BCUT2D eigenvalue weighted by atomic mass is 10.1. The van der Waals surface area contributed by atoms with Crippen LogP contribution in [0.3, 0.4) is 0 Å². The monoisotopic (exact) mass is 495 g/mol. The van der Waals surface area contributed by atoms with Crippen molar-refractivity contribution in [3.05, 3.63) is 56.9 Å². The van der Waals surface area contributed by atoms with Gasteiger partial charge in [-0.2, -0.15) is 0 Å². The number of rotatable bonds is 7. The zero-order valence-electron chi connectivity index (χ0n) is 14.3. The highest BCUT2D eigenvalue weighted by molar-refractivity contribution is 14.1. The summed E-state index contributed by atoms with van der Waals surface area (Å²) in [5.41, 5.74) is 1.05. The van der Waals surface area contributed by atoms with Gasteiger partial charge in [-0.1, -0.05) is 0 Å². The highest BCUT2D eigenvalue weighted by Crippen LogP contribution is 2.28. The first kappa shape index (κ1) is 21.4. The number of nitrogens with one attached hydrogen (secondary N) is 3. The Morgan fingerprint density at radius 3 is 2.48 bits per heavy atom. The molecule has 0 spiro atoms. The Kier molecular flexibility index (Phi) is 7.41. The fraction of sp³-hybridized carbons (Fsp3) is 0.235. The van der Waals surface area contributed by atoms with Crippen molar-refractivity contribution < 1.29 is 27.9 Å². The quantitative estimate of drug-likeness (QED) is 0.270. The average Bonchev–Trinajstić information content (AvgIpc) is 2.61. The number of hydrogen-bond acceptors (Lipinski definition) is 5. The summed E-state index contributed by atoms with van der Waals surface area (Å²) in [6.07, 6.45) is -1.89. The van der Waals surface area contributed by atoms with Crippen LogP contribution in [0.25, 0.3) is 0 Å². The van der Waals surface area contributed by atoms with Crippen LogP contribution in [0, 0.1) is 21.0 Å². The second-order valence-corrected chi connectivity index (χ2v) is 6.78. The predicted molar refractivity (Wildman–Crippen MR) is 102 cm³/mol. The number of hydroxylamine groups is 1. The highest BCUT2D eigenvalue weighted by Gasteiger charge is 2.22. The van der Waals surface area contributed by atoms with Crippen molar-refractivity contribution in [1.82, 2.24) is 10.8 Å². The standard InChI is InChI=1S/C17H17F3IN3O3/c1-8(25)17(22-2)27-24-16(26)10-4-5-11(18)14(20)15(10)23-13-6-3-9(21)7-12(13)19/h3-8,17,22-23,25H,1-2H3,(H,24,26). The van der Waals surface area contributed by atoms with Gasteiger partial charge in [-0.05, 0) is 66.9 Å². The molecule has 1 amide bonds. The summed E-state index contributed by atoms with van der Waals surface area (Å²) in [7, 11) is 1.49. The Morgan fingerprint density at radius 2 is 1.89 bits per heavy atom. The van der Waals surface area contributed by atoms with E-state index in [0.29, 0.717) is 3.57 Å². The summed E-state index contributed by atoms with van der Waals surface area (Å²) in [5, 5.41) is 14.5. The maximum absolute atomic E-state index is 14.3. The molecule has 0 bridgehead atoms. The molecule has 0 aromatic heterocycles. The molecule has 0 aliphatic rings. The van der Waals surface area contributed by atoms with Gasteiger partial charge in [0.15, 0.2) is 17.9 Å². The van der Waals surface area contributed by atoms with Gasteiger partial charge in [0.2, 0.25) is 0 Å². The first-order valence-electron chi connectivity index (χ1n) is 7.76. The summed E-state index contributed by atoms with van der Waals surface area (Å²) in [6, 6.07) is 5.89. The van der Waals surface area contributed by atoms with Gasteiger partial charge in [0, 0.05) is 3.57 Å². The third-order valence-corrected chi connectivity index (χ3v) is 4.20. The molecule has 0 aliphatic carbocycles. The first-order chi connectivity index (χ1) is 12.7. The molecule has 2 unspecified atom stereocenters. The van der Waals surface area contributed by atoms with Crippen LogP contribution in [0.2, 0.25) is 0 Å². The zero-order valence-corrected chi connectivity index (χ0v) is 16.5. The molecule has 0 fully saturated rings. The molecule has 2 aromatic rings. The van der Waals surface area contributed by atoms with Gasteiger partial charge >= 0.3 is 0 Å². The number of amides is 1. The van der Waals surface area contributed by atoms with Crippen molar-refractivity contribution in [2.75, 3.05) is 12.4 Å². The second-order valence-electron chi connectivity index (χ2n) is 5.53. The molecule has 0 heterocycles. The first-order valence-corrected chi connectivity index (χ1v) is 8.83. The molecule has 2 atom stereocenters. The van der Waals surface area contributed by atoms with Crippen LogP contribution in [0.1, 0.15) is 17.3 Å². The molecule has 10 heteroatoms. The van der Waals surface area contributed by atoms with E-state index >= 15 is 0 Å². The molecular weight excluding hydrogens is 478 g/mol. The number of aliphatic hydroxyl groups excluding tert-OH is 1. The minimum Gasteiger partial charge on any atom is -0.389 e. The second kappa shape index (κ2) is 9.35. The van der Waals surface area contributed by atoms with E-state index in [9.17, 15) is 23.1 Å². The van der Waals surface area contributed by atoms with Gasteiger partial charge in [-0.3, -0.25) is 14.9 Å². The van der Waals surface area contributed by atoms with E-state index in [4.69, 9.17) is 4.84 Å².